The fourth-order valence-corrected chi connectivity index (χ4v) is 5.23. The van der Waals surface area contributed by atoms with Gasteiger partial charge in [-0.1, -0.05) is 42.5 Å². The van der Waals surface area contributed by atoms with E-state index in [4.69, 9.17) is 9.84 Å². The SMILES string of the molecule is CN(C)CCCC1c2ccccc2CCc2cc(OCCCCNCc3ccc(C(=O)O)cc3)ccc21. The second-order valence-electron chi connectivity index (χ2n) is 10.3. The fraction of sp³-hybridized carbons (Fsp3) is 0.406. The Labute approximate surface area is 221 Å². The molecule has 1 aliphatic rings. The highest BCUT2D eigenvalue weighted by Gasteiger charge is 2.23. The second kappa shape index (κ2) is 13.4. The van der Waals surface area contributed by atoms with E-state index in [2.05, 4.69) is 66.8 Å². The van der Waals surface area contributed by atoms with Crippen LogP contribution in [0.2, 0.25) is 0 Å². The summed E-state index contributed by atoms with van der Waals surface area (Å²) in [6.07, 6.45) is 6.51. The van der Waals surface area contributed by atoms with Gasteiger partial charge in [-0.3, -0.25) is 0 Å². The van der Waals surface area contributed by atoms with Crippen LogP contribution in [0, 0.1) is 0 Å². The Bertz CT molecular complexity index is 1160. The van der Waals surface area contributed by atoms with Crippen molar-refractivity contribution in [2.24, 2.45) is 0 Å². The van der Waals surface area contributed by atoms with E-state index in [0.29, 0.717) is 18.1 Å². The Hall–Kier alpha value is -3.15. The van der Waals surface area contributed by atoms with Gasteiger partial charge in [-0.25, -0.2) is 4.79 Å². The van der Waals surface area contributed by atoms with Gasteiger partial charge < -0.3 is 20.1 Å². The topological polar surface area (TPSA) is 61.8 Å². The number of unbranched alkanes of at least 4 members (excludes halogenated alkanes) is 1. The molecule has 0 aromatic heterocycles. The van der Waals surface area contributed by atoms with Gasteiger partial charge in [-0.2, -0.15) is 0 Å². The largest absolute Gasteiger partial charge is 0.494 e. The van der Waals surface area contributed by atoms with Crippen molar-refractivity contribution in [2.75, 3.05) is 33.8 Å². The minimum absolute atomic E-state index is 0.322. The van der Waals surface area contributed by atoms with Gasteiger partial charge >= 0.3 is 5.97 Å². The third-order valence-electron chi connectivity index (χ3n) is 7.23. The van der Waals surface area contributed by atoms with E-state index < -0.39 is 5.97 Å². The van der Waals surface area contributed by atoms with E-state index in [1.807, 2.05) is 12.1 Å². The molecule has 0 bridgehead atoms. The Morgan fingerprint density at radius 1 is 0.946 bits per heavy atom. The number of rotatable bonds is 13. The third-order valence-corrected chi connectivity index (χ3v) is 7.23. The predicted octanol–water partition coefficient (Wildman–Crippen LogP) is 5.91. The molecule has 0 aliphatic heterocycles. The number of aromatic carboxylic acids is 1. The molecule has 5 heteroatoms. The first-order valence-corrected chi connectivity index (χ1v) is 13.5. The van der Waals surface area contributed by atoms with Crippen molar-refractivity contribution >= 4 is 5.97 Å². The zero-order valence-corrected chi connectivity index (χ0v) is 22.2. The number of carbonyl (C=O) groups is 1. The van der Waals surface area contributed by atoms with Crippen LogP contribution in [0.1, 0.15) is 69.8 Å². The van der Waals surface area contributed by atoms with Crippen LogP contribution in [0.15, 0.2) is 66.7 Å². The molecular formula is C32H40N2O3. The van der Waals surface area contributed by atoms with E-state index in [0.717, 1.165) is 56.6 Å². The molecule has 0 fully saturated rings. The van der Waals surface area contributed by atoms with Gasteiger partial charge in [0.25, 0.3) is 0 Å². The van der Waals surface area contributed by atoms with Gasteiger partial charge in [0.05, 0.1) is 12.2 Å². The molecular weight excluding hydrogens is 460 g/mol. The summed E-state index contributed by atoms with van der Waals surface area (Å²) in [5.41, 5.74) is 7.30. The molecule has 2 N–H and O–H groups in total. The number of hydrogen-bond donors (Lipinski definition) is 2. The maximum atomic E-state index is 11.0. The zero-order valence-electron chi connectivity index (χ0n) is 22.2. The van der Waals surface area contributed by atoms with Crippen LogP contribution in [0.4, 0.5) is 0 Å². The molecule has 0 saturated carbocycles. The van der Waals surface area contributed by atoms with Crippen molar-refractivity contribution < 1.29 is 14.6 Å². The maximum absolute atomic E-state index is 11.0. The third kappa shape index (κ3) is 7.67. The lowest BCUT2D eigenvalue weighted by atomic mass is 9.84. The lowest BCUT2D eigenvalue weighted by Gasteiger charge is -2.22. The number of fused-ring (bicyclic) bond motifs is 2. The number of nitrogens with one attached hydrogen (secondary N) is 1. The highest BCUT2D eigenvalue weighted by atomic mass is 16.5. The average molecular weight is 501 g/mol. The van der Waals surface area contributed by atoms with Crippen LogP contribution in [0.25, 0.3) is 0 Å². The Balaban J connectivity index is 1.26. The number of aryl methyl sites for hydroxylation is 2. The summed E-state index contributed by atoms with van der Waals surface area (Å²) >= 11 is 0. The number of ether oxygens (including phenoxy) is 1. The molecule has 0 spiro atoms. The van der Waals surface area contributed by atoms with Crippen LogP contribution in [0.3, 0.4) is 0 Å². The molecule has 4 rings (SSSR count). The van der Waals surface area contributed by atoms with Crippen molar-refractivity contribution in [2.45, 2.75) is 51.0 Å². The summed E-state index contributed by atoms with van der Waals surface area (Å²) in [6.45, 7) is 3.46. The Morgan fingerprint density at radius 3 is 2.49 bits per heavy atom. The molecule has 1 aliphatic carbocycles. The van der Waals surface area contributed by atoms with Crippen molar-refractivity contribution in [3.05, 3.63) is 100 Å². The summed E-state index contributed by atoms with van der Waals surface area (Å²) in [5, 5.41) is 12.4. The first kappa shape index (κ1) is 26.9. The summed E-state index contributed by atoms with van der Waals surface area (Å²) < 4.78 is 6.15. The predicted molar refractivity (Wildman–Crippen MR) is 150 cm³/mol. The first-order valence-electron chi connectivity index (χ1n) is 13.5. The van der Waals surface area contributed by atoms with Crippen LogP contribution < -0.4 is 10.1 Å². The van der Waals surface area contributed by atoms with Crippen molar-refractivity contribution in [1.82, 2.24) is 10.2 Å². The van der Waals surface area contributed by atoms with E-state index in [1.165, 1.54) is 35.1 Å². The molecule has 0 radical (unpaired) electrons. The van der Waals surface area contributed by atoms with E-state index >= 15 is 0 Å². The fourth-order valence-electron chi connectivity index (χ4n) is 5.23. The number of carboxylic acid groups (broad SMARTS) is 1. The summed E-state index contributed by atoms with van der Waals surface area (Å²) in [6, 6.07) is 22.8. The minimum Gasteiger partial charge on any atom is -0.494 e. The summed E-state index contributed by atoms with van der Waals surface area (Å²) in [4.78, 5) is 13.2. The summed E-state index contributed by atoms with van der Waals surface area (Å²) in [5.74, 6) is 0.538. The molecule has 0 heterocycles. The second-order valence-corrected chi connectivity index (χ2v) is 10.3. The molecule has 37 heavy (non-hydrogen) atoms. The van der Waals surface area contributed by atoms with Crippen LogP contribution in [0.5, 0.6) is 5.75 Å². The number of nitrogens with zero attached hydrogens (tertiary/aromatic N) is 1. The zero-order chi connectivity index (χ0) is 26.0. The summed E-state index contributed by atoms with van der Waals surface area (Å²) in [7, 11) is 4.30. The molecule has 196 valence electrons. The van der Waals surface area contributed by atoms with E-state index in [1.54, 1.807) is 12.1 Å². The quantitative estimate of drug-likeness (QED) is 0.286. The standard InChI is InChI=1S/C32H40N2O3/c1-34(2)20-7-10-31-29-9-4-3-8-25(29)15-16-27-22-28(17-18-30(27)31)37-21-6-5-19-33-23-24-11-13-26(14-12-24)32(35)36/h3-4,8-9,11-14,17-18,22,31,33H,5-7,10,15-16,19-21,23H2,1-2H3,(H,35,36). The number of carboxylic acids is 1. The van der Waals surface area contributed by atoms with Gasteiger partial charge in [0, 0.05) is 12.5 Å². The van der Waals surface area contributed by atoms with Gasteiger partial charge in [0.1, 0.15) is 5.75 Å². The monoisotopic (exact) mass is 500 g/mol. The molecule has 3 aromatic carbocycles. The lowest BCUT2D eigenvalue weighted by molar-refractivity contribution is 0.0697. The van der Waals surface area contributed by atoms with Gasteiger partial charge in [-0.05, 0) is 118 Å². The first-order chi connectivity index (χ1) is 18.0. The van der Waals surface area contributed by atoms with E-state index in [9.17, 15) is 4.79 Å². The average Bonchev–Trinajstić information content (AvgIpc) is 3.05. The van der Waals surface area contributed by atoms with Crippen molar-refractivity contribution in [1.29, 1.82) is 0 Å². The molecule has 3 aromatic rings. The van der Waals surface area contributed by atoms with Crippen LogP contribution in [-0.4, -0.2) is 49.8 Å². The highest BCUT2D eigenvalue weighted by molar-refractivity contribution is 5.87. The lowest BCUT2D eigenvalue weighted by Crippen LogP contribution is -2.15. The Kier molecular flexibility index (Phi) is 9.75. The van der Waals surface area contributed by atoms with Crippen LogP contribution >= 0.6 is 0 Å². The Morgan fingerprint density at radius 2 is 1.70 bits per heavy atom. The molecule has 1 unspecified atom stereocenters. The smallest absolute Gasteiger partial charge is 0.335 e. The van der Waals surface area contributed by atoms with Crippen molar-refractivity contribution in [3.63, 3.8) is 0 Å². The van der Waals surface area contributed by atoms with E-state index in [-0.39, 0.29) is 0 Å². The molecule has 0 amide bonds. The number of hydrogen-bond acceptors (Lipinski definition) is 4. The number of benzene rings is 3. The van der Waals surface area contributed by atoms with Gasteiger partial charge in [0.15, 0.2) is 0 Å². The van der Waals surface area contributed by atoms with Crippen LogP contribution in [-0.2, 0) is 19.4 Å². The maximum Gasteiger partial charge on any atom is 0.335 e. The van der Waals surface area contributed by atoms with Crippen molar-refractivity contribution in [3.8, 4) is 5.75 Å². The molecule has 1 atom stereocenters. The molecule has 0 saturated heterocycles. The highest BCUT2D eigenvalue weighted by Crippen LogP contribution is 2.38. The minimum atomic E-state index is -0.890. The normalized spacial score (nSPS) is 14.6. The molecule has 5 nitrogen and oxygen atoms in total. The van der Waals surface area contributed by atoms with Gasteiger partial charge in [0.2, 0.25) is 0 Å². The van der Waals surface area contributed by atoms with Gasteiger partial charge in [-0.15, -0.1) is 0 Å².